The fourth-order valence-corrected chi connectivity index (χ4v) is 2.81. The summed E-state index contributed by atoms with van der Waals surface area (Å²) >= 11 is 0. The lowest BCUT2D eigenvalue weighted by atomic mass is 10.0. The monoisotopic (exact) mass is 260 g/mol. The maximum absolute atomic E-state index is 12.3. The first-order valence-corrected chi connectivity index (χ1v) is 7.20. The van der Waals surface area contributed by atoms with Crippen LogP contribution in [-0.2, 0) is 17.8 Å². The average Bonchev–Trinajstić information content (AvgIpc) is 2.85. The van der Waals surface area contributed by atoms with E-state index in [1.54, 1.807) is 0 Å². The lowest BCUT2D eigenvalue weighted by Crippen LogP contribution is -2.39. The number of nitrogens with two attached hydrogens (primary N) is 1. The van der Waals surface area contributed by atoms with Gasteiger partial charge in [0.2, 0.25) is 5.91 Å². The van der Waals surface area contributed by atoms with Gasteiger partial charge in [0, 0.05) is 19.6 Å². The van der Waals surface area contributed by atoms with E-state index in [-0.39, 0.29) is 17.9 Å². The summed E-state index contributed by atoms with van der Waals surface area (Å²) in [7, 11) is 1.88. The minimum atomic E-state index is 0.0277. The predicted molar refractivity (Wildman–Crippen MR) is 77.6 cm³/mol. The third-order valence-corrected chi connectivity index (χ3v) is 4.11. The molecule has 1 aromatic rings. The van der Waals surface area contributed by atoms with E-state index >= 15 is 0 Å². The molecule has 2 atom stereocenters. The van der Waals surface area contributed by atoms with Gasteiger partial charge >= 0.3 is 0 Å². The van der Waals surface area contributed by atoms with Gasteiger partial charge in [-0.1, -0.05) is 37.6 Å². The number of carbonyl (C=O) groups is 1. The number of nitrogens with zero attached hydrogens (tertiary/aromatic N) is 1. The average molecular weight is 260 g/mol. The van der Waals surface area contributed by atoms with Crippen molar-refractivity contribution in [3.05, 3.63) is 35.4 Å². The Morgan fingerprint density at radius 3 is 2.42 bits per heavy atom. The predicted octanol–water partition coefficient (Wildman–Crippen LogP) is 2.33. The smallest absolute Gasteiger partial charge is 0.227 e. The number of aryl methyl sites for hydroxylation is 1. The Hall–Kier alpha value is -1.35. The summed E-state index contributed by atoms with van der Waals surface area (Å²) in [5.74, 6) is 0.226. The number of amides is 1. The second-order valence-corrected chi connectivity index (χ2v) is 5.57. The standard InChI is InChI=1S/C16H24N2O/c1-3-12-7-9-13(10-8-12)11-18(2)16(19)14-5-4-6-15(14)17/h7-10,14-15H,3-6,11,17H2,1-2H3/t14-,15-/m0/s1. The first-order chi connectivity index (χ1) is 9.11. The zero-order valence-corrected chi connectivity index (χ0v) is 11.9. The second-order valence-electron chi connectivity index (χ2n) is 5.57. The molecule has 0 aromatic heterocycles. The Kier molecular flexibility index (Phi) is 4.59. The second kappa shape index (κ2) is 6.20. The van der Waals surface area contributed by atoms with E-state index in [0.717, 1.165) is 25.7 Å². The molecule has 1 aliphatic carbocycles. The highest BCUT2D eigenvalue weighted by Crippen LogP contribution is 2.26. The molecule has 2 rings (SSSR count). The normalized spacial score (nSPS) is 22.5. The van der Waals surface area contributed by atoms with E-state index in [0.29, 0.717) is 6.54 Å². The van der Waals surface area contributed by atoms with Crippen LogP contribution in [0.5, 0.6) is 0 Å². The molecule has 2 N–H and O–H groups in total. The molecule has 1 amide bonds. The Morgan fingerprint density at radius 2 is 1.89 bits per heavy atom. The highest BCUT2D eigenvalue weighted by atomic mass is 16.2. The molecule has 19 heavy (non-hydrogen) atoms. The topological polar surface area (TPSA) is 46.3 Å². The quantitative estimate of drug-likeness (QED) is 0.903. The Labute approximate surface area is 115 Å². The van der Waals surface area contributed by atoms with Gasteiger partial charge in [-0.05, 0) is 30.4 Å². The zero-order chi connectivity index (χ0) is 13.8. The van der Waals surface area contributed by atoms with Crippen molar-refractivity contribution in [1.82, 2.24) is 4.90 Å². The van der Waals surface area contributed by atoms with Gasteiger partial charge in [0.1, 0.15) is 0 Å². The number of carbonyl (C=O) groups excluding carboxylic acids is 1. The van der Waals surface area contributed by atoms with Crippen molar-refractivity contribution in [2.45, 2.75) is 45.2 Å². The van der Waals surface area contributed by atoms with Gasteiger partial charge in [-0.3, -0.25) is 4.79 Å². The van der Waals surface area contributed by atoms with Gasteiger partial charge in [-0.25, -0.2) is 0 Å². The minimum Gasteiger partial charge on any atom is -0.341 e. The third-order valence-electron chi connectivity index (χ3n) is 4.11. The maximum atomic E-state index is 12.3. The molecule has 0 bridgehead atoms. The molecule has 0 unspecified atom stereocenters. The van der Waals surface area contributed by atoms with Gasteiger partial charge in [-0.15, -0.1) is 0 Å². The first-order valence-electron chi connectivity index (χ1n) is 7.20. The van der Waals surface area contributed by atoms with Crippen LogP contribution in [0.4, 0.5) is 0 Å². The minimum absolute atomic E-state index is 0.0277. The molecule has 3 nitrogen and oxygen atoms in total. The lowest BCUT2D eigenvalue weighted by Gasteiger charge is -2.23. The highest BCUT2D eigenvalue weighted by Gasteiger charge is 2.32. The van der Waals surface area contributed by atoms with Crippen LogP contribution in [0.15, 0.2) is 24.3 Å². The Bertz CT molecular complexity index is 427. The SMILES string of the molecule is CCc1ccc(CN(C)C(=O)[C@H]2CCC[C@@H]2N)cc1. The van der Waals surface area contributed by atoms with Crippen molar-refractivity contribution in [1.29, 1.82) is 0 Å². The molecule has 0 radical (unpaired) electrons. The van der Waals surface area contributed by atoms with Crippen LogP contribution in [0.3, 0.4) is 0 Å². The molecule has 1 fully saturated rings. The van der Waals surface area contributed by atoms with Crippen molar-refractivity contribution < 1.29 is 4.79 Å². The molecular weight excluding hydrogens is 236 g/mol. The van der Waals surface area contributed by atoms with E-state index < -0.39 is 0 Å². The van der Waals surface area contributed by atoms with Crippen LogP contribution in [-0.4, -0.2) is 23.9 Å². The number of benzene rings is 1. The Morgan fingerprint density at radius 1 is 1.26 bits per heavy atom. The van der Waals surface area contributed by atoms with E-state index in [2.05, 4.69) is 31.2 Å². The summed E-state index contributed by atoms with van der Waals surface area (Å²) in [5, 5.41) is 0. The summed E-state index contributed by atoms with van der Waals surface area (Å²) in [4.78, 5) is 14.1. The van der Waals surface area contributed by atoms with E-state index in [4.69, 9.17) is 5.73 Å². The first kappa shape index (κ1) is 14.1. The van der Waals surface area contributed by atoms with Gasteiger partial charge in [0.15, 0.2) is 0 Å². The number of hydrogen-bond donors (Lipinski definition) is 1. The van der Waals surface area contributed by atoms with E-state index in [1.165, 1.54) is 11.1 Å². The molecule has 0 spiro atoms. The fraction of sp³-hybridized carbons (Fsp3) is 0.562. The van der Waals surface area contributed by atoms with Crippen molar-refractivity contribution in [2.75, 3.05) is 7.05 Å². The maximum Gasteiger partial charge on any atom is 0.227 e. The van der Waals surface area contributed by atoms with Crippen LogP contribution < -0.4 is 5.73 Å². The number of hydrogen-bond acceptors (Lipinski definition) is 2. The van der Waals surface area contributed by atoms with Gasteiger partial charge in [0.25, 0.3) is 0 Å². The van der Waals surface area contributed by atoms with Crippen molar-refractivity contribution in [3.63, 3.8) is 0 Å². The molecule has 0 aliphatic heterocycles. The van der Waals surface area contributed by atoms with Crippen molar-refractivity contribution in [2.24, 2.45) is 11.7 Å². The van der Waals surface area contributed by atoms with Crippen LogP contribution in [0.2, 0.25) is 0 Å². The fourth-order valence-electron chi connectivity index (χ4n) is 2.81. The summed E-state index contributed by atoms with van der Waals surface area (Å²) in [6.45, 7) is 2.82. The third kappa shape index (κ3) is 3.35. The van der Waals surface area contributed by atoms with Gasteiger partial charge < -0.3 is 10.6 Å². The van der Waals surface area contributed by atoms with Gasteiger partial charge in [0.05, 0.1) is 5.92 Å². The zero-order valence-electron chi connectivity index (χ0n) is 11.9. The molecule has 1 aliphatic rings. The molecule has 104 valence electrons. The van der Waals surface area contributed by atoms with Crippen LogP contribution in [0, 0.1) is 5.92 Å². The molecule has 0 saturated heterocycles. The van der Waals surface area contributed by atoms with E-state index in [9.17, 15) is 4.79 Å². The van der Waals surface area contributed by atoms with Crippen molar-refractivity contribution in [3.8, 4) is 0 Å². The van der Waals surface area contributed by atoms with Crippen LogP contribution in [0.1, 0.15) is 37.3 Å². The van der Waals surface area contributed by atoms with Crippen LogP contribution in [0.25, 0.3) is 0 Å². The molecule has 1 aromatic carbocycles. The largest absolute Gasteiger partial charge is 0.341 e. The van der Waals surface area contributed by atoms with Gasteiger partial charge in [-0.2, -0.15) is 0 Å². The van der Waals surface area contributed by atoms with Crippen LogP contribution >= 0.6 is 0 Å². The number of rotatable bonds is 4. The summed E-state index contributed by atoms with van der Waals surface area (Å²) in [6.07, 6.45) is 4.05. The Balaban J connectivity index is 1.95. The summed E-state index contributed by atoms with van der Waals surface area (Å²) in [6, 6.07) is 8.54. The summed E-state index contributed by atoms with van der Waals surface area (Å²) < 4.78 is 0. The molecule has 1 saturated carbocycles. The lowest BCUT2D eigenvalue weighted by molar-refractivity contribution is -0.134. The van der Waals surface area contributed by atoms with Crippen molar-refractivity contribution >= 4 is 5.91 Å². The molecule has 0 heterocycles. The molecule has 3 heteroatoms. The summed E-state index contributed by atoms with van der Waals surface area (Å²) in [5.41, 5.74) is 8.51. The highest BCUT2D eigenvalue weighted by molar-refractivity contribution is 5.79. The van der Waals surface area contributed by atoms with E-state index in [1.807, 2.05) is 11.9 Å². The molecular formula is C16H24N2O.